The highest BCUT2D eigenvalue weighted by molar-refractivity contribution is 7.14. The maximum absolute atomic E-state index is 11.7. The molecule has 1 unspecified atom stereocenters. The summed E-state index contributed by atoms with van der Waals surface area (Å²) in [7, 11) is 0. The molecule has 1 aromatic heterocycles. The van der Waals surface area contributed by atoms with Crippen LogP contribution in [0.25, 0.3) is 0 Å². The minimum absolute atomic E-state index is 0.0753. The number of aromatic nitrogens is 1. The van der Waals surface area contributed by atoms with Gasteiger partial charge in [0.15, 0.2) is 5.13 Å². The first-order valence-electron chi connectivity index (χ1n) is 5.47. The molecule has 1 fully saturated rings. The minimum Gasteiger partial charge on any atom is -0.481 e. The molecule has 0 aliphatic carbocycles. The molecule has 1 aliphatic rings. The summed E-state index contributed by atoms with van der Waals surface area (Å²) >= 11 is 1.39. The van der Waals surface area contributed by atoms with Crippen molar-refractivity contribution in [2.24, 2.45) is 5.92 Å². The lowest BCUT2D eigenvalue weighted by molar-refractivity contribution is -0.141. The lowest BCUT2D eigenvalue weighted by Gasteiger charge is -2.11. The van der Waals surface area contributed by atoms with Crippen molar-refractivity contribution in [2.75, 3.05) is 11.4 Å². The van der Waals surface area contributed by atoms with Gasteiger partial charge in [0, 0.05) is 18.3 Å². The maximum Gasteiger partial charge on any atom is 0.308 e. The van der Waals surface area contributed by atoms with Gasteiger partial charge >= 0.3 is 5.97 Å². The Morgan fingerprint density at radius 1 is 1.65 bits per heavy atom. The van der Waals surface area contributed by atoms with Gasteiger partial charge in [-0.15, -0.1) is 11.3 Å². The maximum atomic E-state index is 11.7. The van der Waals surface area contributed by atoms with Crippen LogP contribution in [0.1, 0.15) is 31.9 Å². The first kappa shape index (κ1) is 12.0. The summed E-state index contributed by atoms with van der Waals surface area (Å²) in [5.41, 5.74) is 0.941. The number of carboxylic acids is 1. The summed E-state index contributed by atoms with van der Waals surface area (Å²) < 4.78 is 0. The number of hydrogen-bond acceptors (Lipinski definition) is 4. The van der Waals surface area contributed by atoms with Crippen LogP contribution in [0.15, 0.2) is 5.38 Å². The van der Waals surface area contributed by atoms with E-state index >= 15 is 0 Å². The van der Waals surface area contributed by atoms with Gasteiger partial charge in [-0.3, -0.25) is 14.5 Å². The molecule has 92 valence electrons. The fourth-order valence-electron chi connectivity index (χ4n) is 1.72. The third-order valence-corrected chi connectivity index (χ3v) is 3.69. The lowest BCUT2D eigenvalue weighted by atomic mass is 10.1. The molecule has 0 saturated carbocycles. The molecule has 1 aromatic rings. The molecule has 1 aliphatic heterocycles. The number of carboxylic acid groups (broad SMARTS) is 1. The molecule has 1 N–H and O–H groups in total. The Bertz CT molecular complexity index is 455. The van der Waals surface area contributed by atoms with Gasteiger partial charge in [-0.05, 0) is 5.92 Å². The zero-order valence-corrected chi connectivity index (χ0v) is 10.5. The van der Waals surface area contributed by atoms with Crippen LogP contribution in [0.5, 0.6) is 0 Å². The summed E-state index contributed by atoms with van der Waals surface area (Å²) in [5, 5.41) is 11.4. The number of nitrogens with zero attached hydrogens (tertiary/aromatic N) is 2. The molecule has 0 bridgehead atoms. The first-order chi connectivity index (χ1) is 7.99. The molecule has 0 spiro atoms. The smallest absolute Gasteiger partial charge is 0.308 e. The average molecular weight is 254 g/mol. The molecule has 2 rings (SSSR count). The van der Waals surface area contributed by atoms with Crippen molar-refractivity contribution in [3.63, 3.8) is 0 Å². The Hall–Kier alpha value is -1.43. The summed E-state index contributed by atoms with van der Waals surface area (Å²) in [4.78, 5) is 28.4. The molecule has 6 heteroatoms. The van der Waals surface area contributed by atoms with E-state index in [0.29, 0.717) is 11.0 Å². The predicted octanol–water partition coefficient (Wildman–Crippen LogP) is 1.70. The highest BCUT2D eigenvalue weighted by Crippen LogP contribution is 2.30. The second-order valence-corrected chi connectivity index (χ2v) is 5.29. The van der Waals surface area contributed by atoms with Crippen molar-refractivity contribution in [3.8, 4) is 0 Å². The van der Waals surface area contributed by atoms with E-state index in [1.165, 1.54) is 16.2 Å². The van der Waals surface area contributed by atoms with Gasteiger partial charge in [-0.25, -0.2) is 4.98 Å². The molecule has 1 saturated heterocycles. The number of carbonyl (C=O) groups is 2. The largest absolute Gasteiger partial charge is 0.481 e. The molecule has 1 atom stereocenters. The quantitative estimate of drug-likeness (QED) is 0.891. The van der Waals surface area contributed by atoms with Crippen LogP contribution in [-0.2, 0) is 9.59 Å². The number of amides is 1. The van der Waals surface area contributed by atoms with E-state index in [2.05, 4.69) is 4.98 Å². The normalized spacial score (nSPS) is 20.3. The summed E-state index contributed by atoms with van der Waals surface area (Å²) in [6, 6.07) is 0. The van der Waals surface area contributed by atoms with Crippen molar-refractivity contribution in [1.29, 1.82) is 0 Å². The Balaban J connectivity index is 2.17. The lowest BCUT2D eigenvalue weighted by Crippen LogP contribution is -2.25. The average Bonchev–Trinajstić information content (AvgIpc) is 2.83. The number of thiazole rings is 1. The highest BCUT2D eigenvalue weighted by Gasteiger charge is 2.36. The molecule has 0 radical (unpaired) electrons. The Morgan fingerprint density at radius 2 is 2.35 bits per heavy atom. The van der Waals surface area contributed by atoms with E-state index in [0.717, 1.165) is 5.69 Å². The number of carbonyl (C=O) groups excluding carboxylic acids is 1. The van der Waals surface area contributed by atoms with E-state index < -0.39 is 11.9 Å². The zero-order valence-electron chi connectivity index (χ0n) is 9.71. The third kappa shape index (κ3) is 2.31. The number of hydrogen-bond donors (Lipinski definition) is 1. The molecular formula is C11H14N2O3S. The molecule has 1 amide bonds. The first-order valence-corrected chi connectivity index (χ1v) is 6.35. The minimum atomic E-state index is -0.915. The van der Waals surface area contributed by atoms with Gasteiger partial charge in [0.25, 0.3) is 0 Å². The molecular weight excluding hydrogens is 240 g/mol. The van der Waals surface area contributed by atoms with Gasteiger partial charge in [0.05, 0.1) is 11.6 Å². The summed E-state index contributed by atoms with van der Waals surface area (Å²) in [6.07, 6.45) is 0.0753. The van der Waals surface area contributed by atoms with E-state index in [4.69, 9.17) is 5.11 Å². The topological polar surface area (TPSA) is 70.5 Å². The van der Waals surface area contributed by atoms with Crippen molar-refractivity contribution in [2.45, 2.75) is 26.2 Å². The summed E-state index contributed by atoms with van der Waals surface area (Å²) in [5.74, 6) is -1.36. The van der Waals surface area contributed by atoms with Crippen LogP contribution in [-0.4, -0.2) is 28.5 Å². The Kier molecular flexibility index (Phi) is 3.15. The molecule has 17 heavy (non-hydrogen) atoms. The standard InChI is InChI=1S/C11H14N2O3S/c1-6(2)8-5-17-11(12-8)13-4-7(10(15)16)3-9(13)14/h5-7H,3-4H2,1-2H3,(H,15,16). The fraction of sp³-hybridized carbons (Fsp3) is 0.545. The number of aliphatic carboxylic acids is 1. The van der Waals surface area contributed by atoms with E-state index in [1.807, 2.05) is 19.2 Å². The Morgan fingerprint density at radius 3 is 2.82 bits per heavy atom. The zero-order chi connectivity index (χ0) is 12.6. The fourth-order valence-corrected chi connectivity index (χ4v) is 2.74. The van der Waals surface area contributed by atoms with Crippen molar-refractivity contribution < 1.29 is 14.7 Å². The summed E-state index contributed by atoms with van der Waals surface area (Å²) in [6.45, 7) is 4.30. The third-order valence-electron chi connectivity index (χ3n) is 2.81. The highest BCUT2D eigenvalue weighted by atomic mass is 32.1. The number of anilines is 1. The van der Waals surface area contributed by atoms with Crippen molar-refractivity contribution in [1.82, 2.24) is 4.98 Å². The van der Waals surface area contributed by atoms with E-state index in [9.17, 15) is 9.59 Å². The van der Waals surface area contributed by atoms with Crippen LogP contribution < -0.4 is 4.90 Å². The monoisotopic (exact) mass is 254 g/mol. The van der Waals surface area contributed by atoms with E-state index in [-0.39, 0.29) is 18.9 Å². The Labute approximate surface area is 103 Å². The van der Waals surface area contributed by atoms with Gasteiger partial charge in [-0.2, -0.15) is 0 Å². The number of rotatable bonds is 3. The van der Waals surface area contributed by atoms with Crippen LogP contribution >= 0.6 is 11.3 Å². The van der Waals surface area contributed by atoms with Crippen LogP contribution in [0.3, 0.4) is 0 Å². The van der Waals surface area contributed by atoms with Gasteiger partial charge in [0.2, 0.25) is 5.91 Å². The van der Waals surface area contributed by atoms with Gasteiger partial charge < -0.3 is 5.11 Å². The molecule has 2 heterocycles. The van der Waals surface area contributed by atoms with Gasteiger partial charge in [0.1, 0.15) is 0 Å². The molecule has 0 aromatic carbocycles. The predicted molar refractivity (Wildman–Crippen MR) is 64.3 cm³/mol. The van der Waals surface area contributed by atoms with Gasteiger partial charge in [-0.1, -0.05) is 13.8 Å². The second-order valence-electron chi connectivity index (χ2n) is 4.45. The van der Waals surface area contributed by atoms with Crippen molar-refractivity contribution >= 4 is 28.3 Å². The van der Waals surface area contributed by atoms with Crippen LogP contribution in [0.4, 0.5) is 5.13 Å². The SMILES string of the molecule is CC(C)c1csc(N2CC(C(=O)O)CC2=O)n1. The molecule has 5 nitrogen and oxygen atoms in total. The second kappa shape index (κ2) is 4.44. The van der Waals surface area contributed by atoms with E-state index in [1.54, 1.807) is 0 Å². The van der Waals surface area contributed by atoms with Crippen LogP contribution in [0, 0.1) is 5.92 Å². The van der Waals surface area contributed by atoms with Crippen molar-refractivity contribution in [3.05, 3.63) is 11.1 Å². The van der Waals surface area contributed by atoms with Crippen LogP contribution in [0.2, 0.25) is 0 Å².